The normalized spacial score (nSPS) is 8.93. The molecule has 0 saturated heterocycles. The third kappa shape index (κ3) is 3.05. The Morgan fingerprint density at radius 3 is 2.29 bits per heavy atom. The predicted molar refractivity (Wildman–Crippen MR) is 42.7 cm³/mol. The van der Waals surface area contributed by atoms with Crippen molar-refractivity contribution >= 4 is 23.5 Å². The molecule has 0 unspecified atom stereocenters. The number of carboxylic acid groups (broad SMARTS) is 2. The number of carboxylic acids is 2. The molecule has 0 atom stereocenters. The van der Waals surface area contributed by atoms with Gasteiger partial charge in [-0.05, 0) is 6.07 Å². The summed E-state index contributed by atoms with van der Waals surface area (Å²) >= 11 is 5.50. The standard InChI is InChI=1S/C8H5ClO4.K/c9-5-3-1-2-4(7(10)11)6(5)8(12)13;/h1-3H,(H,10,11)(H,12,13);/q;+1/p-1. The molecule has 68 valence electrons. The van der Waals surface area contributed by atoms with Gasteiger partial charge in [-0.25, -0.2) is 4.79 Å². The minimum Gasteiger partial charge on any atom is -0.545 e. The van der Waals surface area contributed by atoms with E-state index in [9.17, 15) is 14.7 Å². The summed E-state index contributed by atoms with van der Waals surface area (Å²) in [5.74, 6) is -2.94. The van der Waals surface area contributed by atoms with Crippen LogP contribution in [0.4, 0.5) is 0 Å². The van der Waals surface area contributed by atoms with Crippen LogP contribution in [-0.4, -0.2) is 17.0 Å². The van der Waals surface area contributed by atoms with Crippen molar-refractivity contribution in [3.05, 3.63) is 34.3 Å². The molecule has 0 aliphatic rings. The van der Waals surface area contributed by atoms with Crippen molar-refractivity contribution in [1.29, 1.82) is 0 Å². The summed E-state index contributed by atoms with van der Waals surface area (Å²) in [6.45, 7) is 0. The number of hydrogen-bond acceptors (Lipinski definition) is 3. The molecule has 4 nitrogen and oxygen atoms in total. The van der Waals surface area contributed by atoms with Crippen LogP contribution in [0.1, 0.15) is 20.7 Å². The third-order valence-corrected chi connectivity index (χ3v) is 1.76. The van der Waals surface area contributed by atoms with Gasteiger partial charge >= 0.3 is 57.4 Å². The number of carbonyl (C=O) groups excluding carboxylic acids is 1. The van der Waals surface area contributed by atoms with E-state index in [4.69, 9.17) is 16.7 Å². The van der Waals surface area contributed by atoms with E-state index in [-0.39, 0.29) is 56.4 Å². The minimum atomic E-state index is -1.56. The summed E-state index contributed by atoms with van der Waals surface area (Å²) in [6.07, 6.45) is 0. The summed E-state index contributed by atoms with van der Waals surface area (Å²) in [5, 5.41) is 18.9. The SMILES string of the molecule is O=C([O-])c1cccc(Cl)c1C(=O)O.[K+]. The van der Waals surface area contributed by atoms with E-state index in [1.165, 1.54) is 12.1 Å². The molecule has 14 heavy (non-hydrogen) atoms. The van der Waals surface area contributed by atoms with Crippen LogP contribution in [0.3, 0.4) is 0 Å². The van der Waals surface area contributed by atoms with Crippen molar-refractivity contribution in [1.82, 2.24) is 0 Å². The van der Waals surface area contributed by atoms with E-state index < -0.39 is 23.1 Å². The maximum absolute atomic E-state index is 10.6. The number of aromatic carboxylic acids is 2. The van der Waals surface area contributed by atoms with Crippen molar-refractivity contribution in [3.8, 4) is 0 Å². The molecule has 0 heterocycles. The molecule has 1 aromatic rings. The summed E-state index contributed by atoms with van der Waals surface area (Å²) < 4.78 is 0. The third-order valence-electron chi connectivity index (χ3n) is 1.45. The quantitative estimate of drug-likeness (QED) is 0.574. The van der Waals surface area contributed by atoms with Gasteiger partial charge in [-0.3, -0.25) is 0 Å². The Labute approximate surface area is 127 Å². The fourth-order valence-corrected chi connectivity index (χ4v) is 1.17. The first-order valence-electron chi connectivity index (χ1n) is 3.27. The second kappa shape index (κ2) is 5.84. The molecule has 0 spiro atoms. The monoisotopic (exact) mass is 238 g/mol. The van der Waals surface area contributed by atoms with E-state index in [0.717, 1.165) is 6.07 Å². The van der Waals surface area contributed by atoms with Gasteiger partial charge in [0.2, 0.25) is 0 Å². The van der Waals surface area contributed by atoms with Crippen LogP contribution in [0.15, 0.2) is 18.2 Å². The molecule has 6 heteroatoms. The van der Waals surface area contributed by atoms with Crippen LogP contribution in [0.5, 0.6) is 0 Å². The van der Waals surface area contributed by atoms with Crippen LogP contribution >= 0.6 is 11.6 Å². The predicted octanol–water partition coefficient (Wildman–Crippen LogP) is -2.59. The van der Waals surface area contributed by atoms with Gasteiger partial charge in [0.15, 0.2) is 0 Å². The Morgan fingerprint density at radius 2 is 1.93 bits per heavy atom. The minimum absolute atomic E-state index is 0. The Hall–Kier alpha value is 0.0864. The van der Waals surface area contributed by atoms with Crippen LogP contribution in [0.2, 0.25) is 5.02 Å². The zero-order chi connectivity index (χ0) is 10.0. The maximum Gasteiger partial charge on any atom is 1.00 e. The van der Waals surface area contributed by atoms with Crippen molar-refractivity contribution in [2.24, 2.45) is 0 Å². The van der Waals surface area contributed by atoms with Gasteiger partial charge in [-0.2, -0.15) is 0 Å². The van der Waals surface area contributed by atoms with Crippen molar-refractivity contribution < 1.29 is 71.2 Å². The van der Waals surface area contributed by atoms with Gasteiger partial charge in [0.1, 0.15) is 0 Å². The van der Waals surface area contributed by atoms with E-state index >= 15 is 0 Å². The number of halogens is 1. The molecular weight excluding hydrogens is 235 g/mol. The number of benzene rings is 1. The Bertz CT molecular complexity index is 378. The van der Waals surface area contributed by atoms with Gasteiger partial charge in [0.25, 0.3) is 0 Å². The molecule has 1 aromatic carbocycles. The maximum atomic E-state index is 10.6. The van der Waals surface area contributed by atoms with E-state index in [1.807, 2.05) is 0 Å². The molecule has 0 radical (unpaired) electrons. The molecule has 0 saturated carbocycles. The fourth-order valence-electron chi connectivity index (χ4n) is 0.912. The number of carbonyl (C=O) groups is 2. The smallest absolute Gasteiger partial charge is 0.545 e. The van der Waals surface area contributed by atoms with E-state index in [0.29, 0.717) is 0 Å². The summed E-state index contributed by atoms with van der Waals surface area (Å²) in [4.78, 5) is 21.0. The van der Waals surface area contributed by atoms with Crippen LogP contribution in [0, 0.1) is 0 Å². The molecular formula is C8H4ClKO4. The molecule has 0 aliphatic heterocycles. The van der Waals surface area contributed by atoms with Gasteiger partial charge < -0.3 is 15.0 Å². The van der Waals surface area contributed by atoms with E-state index in [2.05, 4.69) is 0 Å². The Kier molecular flexibility index (Phi) is 5.88. The van der Waals surface area contributed by atoms with Crippen molar-refractivity contribution in [2.45, 2.75) is 0 Å². The second-order valence-corrected chi connectivity index (χ2v) is 2.66. The zero-order valence-corrected chi connectivity index (χ0v) is 11.2. The molecule has 0 aliphatic carbocycles. The van der Waals surface area contributed by atoms with Gasteiger partial charge in [-0.15, -0.1) is 0 Å². The van der Waals surface area contributed by atoms with Crippen LogP contribution < -0.4 is 56.5 Å². The number of hydrogen-bond donors (Lipinski definition) is 1. The average molecular weight is 239 g/mol. The molecule has 1 N–H and O–H groups in total. The second-order valence-electron chi connectivity index (χ2n) is 2.26. The topological polar surface area (TPSA) is 77.4 Å². The average Bonchev–Trinajstić information content (AvgIpc) is 2.02. The van der Waals surface area contributed by atoms with E-state index in [1.54, 1.807) is 0 Å². The Balaban J connectivity index is 0.00000169. The summed E-state index contributed by atoms with van der Waals surface area (Å²) in [6, 6.07) is 3.78. The molecule has 0 amide bonds. The van der Waals surface area contributed by atoms with Crippen LogP contribution in [0.25, 0.3) is 0 Å². The zero-order valence-electron chi connectivity index (χ0n) is 7.28. The summed E-state index contributed by atoms with van der Waals surface area (Å²) in [5.41, 5.74) is -0.857. The Morgan fingerprint density at radius 1 is 1.36 bits per heavy atom. The first-order chi connectivity index (χ1) is 6.04. The van der Waals surface area contributed by atoms with Gasteiger partial charge in [0, 0.05) is 5.56 Å². The molecule has 0 fully saturated rings. The van der Waals surface area contributed by atoms with Crippen molar-refractivity contribution in [2.75, 3.05) is 0 Å². The fraction of sp³-hybridized carbons (Fsp3) is 0. The first-order valence-corrected chi connectivity index (χ1v) is 3.65. The summed E-state index contributed by atoms with van der Waals surface area (Å²) in [7, 11) is 0. The molecule has 0 bridgehead atoms. The van der Waals surface area contributed by atoms with Gasteiger partial charge in [0.05, 0.1) is 16.6 Å². The number of rotatable bonds is 2. The first kappa shape index (κ1) is 14.1. The van der Waals surface area contributed by atoms with Crippen molar-refractivity contribution in [3.63, 3.8) is 0 Å². The molecule has 1 rings (SSSR count). The largest absolute Gasteiger partial charge is 1.00 e. The molecule has 0 aromatic heterocycles. The van der Waals surface area contributed by atoms with Crippen LogP contribution in [-0.2, 0) is 0 Å². The van der Waals surface area contributed by atoms with Gasteiger partial charge in [-0.1, -0.05) is 23.7 Å².